The first-order valence-electron chi connectivity index (χ1n) is 12.9. The third-order valence-corrected chi connectivity index (χ3v) is 7.23. The SMILES string of the molecule is CCc1cc(Cc2cc(Cl)c(NC(=O)C(=O)[C@H]3NC(=O)NC3=O)c(CC)c2)cc(Cl)c1NC(=O)C(=O)[C@@H]1NC(=O)NC1=O. The normalized spacial score (nSPS) is 17.5. The summed E-state index contributed by atoms with van der Waals surface area (Å²) in [4.78, 5) is 96.1. The van der Waals surface area contributed by atoms with Crippen LogP contribution in [0.2, 0.25) is 10.0 Å². The van der Waals surface area contributed by atoms with Crippen molar-refractivity contribution in [3.8, 4) is 0 Å². The predicted octanol–water partition coefficient (Wildman–Crippen LogP) is 1.14. The minimum atomic E-state index is -1.64. The highest BCUT2D eigenvalue weighted by molar-refractivity contribution is 6.49. The molecule has 2 saturated heterocycles. The van der Waals surface area contributed by atoms with Gasteiger partial charge in [0.05, 0.1) is 21.4 Å². The Balaban J connectivity index is 1.51. The number of nitrogens with one attached hydrogen (secondary N) is 6. The third kappa shape index (κ3) is 6.65. The topological polar surface area (TPSA) is 209 Å². The largest absolute Gasteiger partial charge is 0.322 e. The van der Waals surface area contributed by atoms with Crippen molar-refractivity contribution in [3.05, 3.63) is 56.6 Å². The number of imide groups is 2. The van der Waals surface area contributed by atoms with E-state index < -0.39 is 59.3 Å². The molecule has 0 unspecified atom stereocenters. The first-order chi connectivity index (χ1) is 20.3. The van der Waals surface area contributed by atoms with Crippen molar-refractivity contribution in [1.29, 1.82) is 0 Å². The van der Waals surface area contributed by atoms with E-state index in [1.165, 1.54) is 0 Å². The molecule has 0 aromatic heterocycles. The molecule has 14 nitrogen and oxygen atoms in total. The van der Waals surface area contributed by atoms with Crippen LogP contribution in [0.15, 0.2) is 24.3 Å². The van der Waals surface area contributed by atoms with Gasteiger partial charge in [0.2, 0.25) is 0 Å². The van der Waals surface area contributed by atoms with Gasteiger partial charge in [0.15, 0.2) is 12.1 Å². The summed E-state index contributed by atoms with van der Waals surface area (Å²) < 4.78 is 0. The molecule has 8 amide bonds. The van der Waals surface area contributed by atoms with E-state index in [-0.39, 0.29) is 21.4 Å². The molecule has 2 fully saturated rings. The van der Waals surface area contributed by atoms with Gasteiger partial charge >= 0.3 is 12.1 Å². The van der Waals surface area contributed by atoms with Crippen molar-refractivity contribution >= 4 is 81.8 Å². The molecule has 0 saturated carbocycles. The Labute approximate surface area is 253 Å². The summed E-state index contributed by atoms with van der Waals surface area (Å²) >= 11 is 13.0. The first-order valence-corrected chi connectivity index (χ1v) is 13.6. The van der Waals surface area contributed by atoms with Crippen molar-refractivity contribution in [2.75, 3.05) is 10.6 Å². The Kier molecular flexibility index (Phi) is 9.11. The zero-order valence-corrected chi connectivity index (χ0v) is 24.1. The van der Waals surface area contributed by atoms with E-state index in [0.29, 0.717) is 30.4 Å². The van der Waals surface area contributed by atoms with Gasteiger partial charge in [-0.05, 0) is 53.6 Å². The van der Waals surface area contributed by atoms with Crippen LogP contribution >= 0.6 is 23.2 Å². The highest BCUT2D eigenvalue weighted by Crippen LogP contribution is 2.33. The number of halogens is 2. The lowest BCUT2D eigenvalue weighted by molar-refractivity contribution is -0.138. The first kappa shape index (κ1) is 31.1. The second-order valence-electron chi connectivity index (χ2n) is 9.54. The Bertz CT molecular complexity index is 1510. The van der Waals surface area contributed by atoms with E-state index in [0.717, 1.165) is 11.1 Å². The summed E-state index contributed by atoms with van der Waals surface area (Å²) in [5, 5.41) is 13.0. The monoisotopic (exact) mass is 630 g/mol. The number of hydrogen-bond donors (Lipinski definition) is 6. The van der Waals surface area contributed by atoms with Crippen LogP contribution in [0.3, 0.4) is 0 Å². The van der Waals surface area contributed by atoms with Gasteiger partial charge in [-0.15, -0.1) is 0 Å². The maximum Gasteiger partial charge on any atom is 0.322 e. The van der Waals surface area contributed by atoms with Gasteiger partial charge in [-0.2, -0.15) is 0 Å². The smallest absolute Gasteiger partial charge is 0.319 e. The van der Waals surface area contributed by atoms with Crippen molar-refractivity contribution in [2.24, 2.45) is 0 Å². The second kappa shape index (κ2) is 12.6. The predicted molar refractivity (Wildman–Crippen MR) is 153 cm³/mol. The Morgan fingerprint density at radius 1 is 0.674 bits per heavy atom. The van der Waals surface area contributed by atoms with E-state index in [1.807, 2.05) is 24.5 Å². The number of carbonyl (C=O) groups excluding carboxylic acids is 8. The molecule has 0 spiro atoms. The van der Waals surface area contributed by atoms with E-state index in [1.54, 1.807) is 24.3 Å². The molecule has 16 heteroatoms. The maximum absolute atomic E-state index is 12.6. The summed E-state index contributed by atoms with van der Waals surface area (Å²) in [6, 6.07) is 1.67. The van der Waals surface area contributed by atoms with Crippen LogP contribution in [-0.4, -0.2) is 59.3 Å². The molecule has 43 heavy (non-hydrogen) atoms. The lowest BCUT2D eigenvalue weighted by Gasteiger charge is -2.17. The minimum absolute atomic E-state index is 0.127. The average Bonchev–Trinajstić information content (AvgIpc) is 3.48. The fraction of sp³-hybridized carbons (Fsp3) is 0.259. The van der Waals surface area contributed by atoms with Gasteiger partial charge in [-0.3, -0.25) is 39.4 Å². The molecule has 2 atom stereocenters. The fourth-order valence-electron chi connectivity index (χ4n) is 4.54. The van der Waals surface area contributed by atoms with Crippen LogP contribution in [0.5, 0.6) is 0 Å². The zero-order chi connectivity index (χ0) is 31.6. The molecule has 0 bridgehead atoms. The van der Waals surface area contributed by atoms with Crippen molar-refractivity contribution in [1.82, 2.24) is 21.3 Å². The maximum atomic E-state index is 12.6. The molecule has 2 aliphatic rings. The molecule has 4 rings (SSSR count). The summed E-state index contributed by atoms with van der Waals surface area (Å²) in [5.74, 6) is -6.43. The van der Waals surface area contributed by atoms with Crippen LogP contribution < -0.4 is 31.9 Å². The molecule has 0 radical (unpaired) electrons. The lowest BCUT2D eigenvalue weighted by atomic mass is 9.97. The highest BCUT2D eigenvalue weighted by atomic mass is 35.5. The highest BCUT2D eigenvalue weighted by Gasteiger charge is 2.40. The number of carbonyl (C=O) groups is 8. The van der Waals surface area contributed by atoms with Gasteiger partial charge < -0.3 is 21.3 Å². The van der Waals surface area contributed by atoms with Crippen LogP contribution in [0, 0.1) is 0 Å². The molecule has 0 aliphatic carbocycles. The molecular weight excluding hydrogens is 607 g/mol. The van der Waals surface area contributed by atoms with E-state index in [2.05, 4.69) is 21.3 Å². The number of Topliss-reactive ketones (excluding diaryl/α,β-unsaturated/α-hetero) is 2. The number of benzene rings is 2. The molecule has 2 heterocycles. The number of urea groups is 2. The number of anilines is 2. The van der Waals surface area contributed by atoms with Crippen molar-refractivity contribution < 1.29 is 38.4 Å². The van der Waals surface area contributed by atoms with Gasteiger partial charge in [-0.1, -0.05) is 49.2 Å². The zero-order valence-electron chi connectivity index (χ0n) is 22.6. The lowest BCUT2D eigenvalue weighted by Crippen LogP contribution is -2.44. The summed E-state index contributed by atoms with van der Waals surface area (Å²) in [5.41, 5.74) is 2.99. The van der Waals surface area contributed by atoms with Gasteiger partial charge in [0, 0.05) is 0 Å². The van der Waals surface area contributed by atoms with Crippen LogP contribution in [0.4, 0.5) is 21.0 Å². The van der Waals surface area contributed by atoms with Crippen molar-refractivity contribution in [3.63, 3.8) is 0 Å². The van der Waals surface area contributed by atoms with Gasteiger partial charge in [-0.25, -0.2) is 9.59 Å². The minimum Gasteiger partial charge on any atom is -0.319 e. The third-order valence-electron chi connectivity index (χ3n) is 6.63. The average molecular weight is 631 g/mol. The molecule has 2 aromatic rings. The number of aryl methyl sites for hydroxylation is 2. The second-order valence-corrected chi connectivity index (χ2v) is 10.4. The standard InChI is InChI=1S/C27H24Cl2N6O8/c1-3-12-6-10(8-14(28)16(12)30-24(40)20(36)18-22(38)34-26(42)32-18)5-11-7-13(4-2)17(15(29)9-11)31-25(41)21(37)19-23(39)35-27(43)33-19/h6-9,18-19H,3-5H2,1-2H3,(H,30,40)(H,31,41)(H2,32,34,38,42)(H2,33,35,39,43)/t18-,19+. The van der Waals surface area contributed by atoms with Crippen LogP contribution in [0.1, 0.15) is 36.1 Å². The number of ketones is 2. The van der Waals surface area contributed by atoms with E-state index in [9.17, 15) is 38.4 Å². The van der Waals surface area contributed by atoms with E-state index >= 15 is 0 Å². The van der Waals surface area contributed by atoms with E-state index in [4.69, 9.17) is 23.2 Å². The number of rotatable bonds is 10. The fourth-order valence-corrected chi connectivity index (χ4v) is 5.16. The summed E-state index contributed by atoms with van der Waals surface area (Å²) in [6.07, 6.45) is 1.15. The Morgan fingerprint density at radius 3 is 1.35 bits per heavy atom. The molecule has 2 aromatic carbocycles. The van der Waals surface area contributed by atoms with Gasteiger partial charge in [0.25, 0.3) is 35.2 Å². The summed E-state index contributed by atoms with van der Waals surface area (Å²) in [6.45, 7) is 3.62. The molecule has 2 aliphatic heterocycles. The van der Waals surface area contributed by atoms with Crippen molar-refractivity contribution in [2.45, 2.75) is 45.2 Å². The number of amides is 8. The molecule has 6 N–H and O–H groups in total. The Morgan fingerprint density at radius 2 is 1.05 bits per heavy atom. The number of hydrogen-bond acceptors (Lipinski definition) is 8. The van der Waals surface area contributed by atoms with Gasteiger partial charge in [0.1, 0.15) is 0 Å². The summed E-state index contributed by atoms with van der Waals surface area (Å²) in [7, 11) is 0. The van der Waals surface area contributed by atoms with Crippen LogP contribution in [0.25, 0.3) is 0 Å². The quantitative estimate of drug-likeness (QED) is 0.127. The Hall–Kier alpha value is -4.82. The molecular formula is C27H24Cl2N6O8. The molecule has 224 valence electrons. The van der Waals surface area contributed by atoms with Crippen LogP contribution in [-0.2, 0) is 48.0 Å².